The third-order valence-electron chi connectivity index (χ3n) is 5.40. The van der Waals surface area contributed by atoms with Crippen molar-refractivity contribution in [1.29, 1.82) is 0 Å². The van der Waals surface area contributed by atoms with Gasteiger partial charge in [0.05, 0.1) is 6.04 Å². The maximum Gasteiger partial charge on any atom is 0.253 e. The van der Waals surface area contributed by atoms with Gasteiger partial charge in [-0.2, -0.15) is 0 Å². The molecule has 138 valence electrons. The van der Waals surface area contributed by atoms with Crippen LogP contribution in [0.4, 0.5) is 5.69 Å². The summed E-state index contributed by atoms with van der Waals surface area (Å²) < 4.78 is 0. The lowest BCUT2D eigenvalue weighted by Gasteiger charge is -2.31. The topological polar surface area (TPSA) is 75.4 Å². The first-order valence-electron chi connectivity index (χ1n) is 9.37. The molecule has 0 spiro atoms. The van der Waals surface area contributed by atoms with Crippen molar-refractivity contribution in [3.05, 3.63) is 29.8 Å². The number of nitrogens with zero attached hydrogens (tertiary/aromatic N) is 1. The number of carbonyl (C=O) groups is 2. The Labute approximate surface area is 151 Å². The van der Waals surface area contributed by atoms with Gasteiger partial charge in [-0.25, -0.2) is 0 Å². The van der Waals surface area contributed by atoms with Gasteiger partial charge in [0, 0.05) is 24.3 Å². The Bertz CT molecular complexity index is 579. The van der Waals surface area contributed by atoms with Crippen molar-refractivity contribution in [3.8, 4) is 0 Å². The predicted octanol–water partition coefficient (Wildman–Crippen LogP) is 3.40. The lowest BCUT2D eigenvalue weighted by Crippen LogP contribution is -2.40. The first-order chi connectivity index (χ1) is 11.9. The number of anilines is 1. The van der Waals surface area contributed by atoms with Gasteiger partial charge in [-0.05, 0) is 43.0 Å². The minimum atomic E-state index is -0.524. The summed E-state index contributed by atoms with van der Waals surface area (Å²) in [4.78, 5) is 26.6. The molecule has 5 nitrogen and oxygen atoms in total. The lowest BCUT2D eigenvalue weighted by molar-refractivity contribution is -0.118. The molecule has 1 saturated carbocycles. The van der Waals surface area contributed by atoms with Crippen LogP contribution >= 0.6 is 0 Å². The molecule has 0 radical (unpaired) electrons. The second-order valence-corrected chi connectivity index (χ2v) is 7.19. The maximum absolute atomic E-state index is 12.6. The fraction of sp³-hybridized carbons (Fsp3) is 0.600. The second kappa shape index (κ2) is 8.99. The highest BCUT2D eigenvalue weighted by Gasteiger charge is 2.23. The van der Waals surface area contributed by atoms with E-state index in [0.717, 1.165) is 19.3 Å². The number of nitrogens with two attached hydrogens (primary N) is 1. The summed E-state index contributed by atoms with van der Waals surface area (Å²) >= 11 is 0. The third-order valence-corrected chi connectivity index (χ3v) is 5.40. The van der Waals surface area contributed by atoms with Crippen molar-refractivity contribution < 1.29 is 9.59 Å². The minimum absolute atomic E-state index is 0.0427. The summed E-state index contributed by atoms with van der Waals surface area (Å²) in [7, 11) is 1.89. The number of benzene rings is 1. The third kappa shape index (κ3) is 5.05. The van der Waals surface area contributed by atoms with Crippen LogP contribution in [0.2, 0.25) is 0 Å². The summed E-state index contributed by atoms with van der Waals surface area (Å²) in [5.74, 6) is -0.0150. The number of nitrogens with one attached hydrogen (secondary N) is 1. The van der Waals surface area contributed by atoms with Crippen LogP contribution in [0.3, 0.4) is 0 Å². The maximum atomic E-state index is 12.6. The fourth-order valence-corrected chi connectivity index (χ4v) is 3.27. The molecule has 1 aromatic carbocycles. The van der Waals surface area contributed by atoms with Crippen LogP contribution in [0.25, 0.3) is 0 Å². The average molecular weight is 345 g/mol. The van der Waals surface area contributed by atoms with Gasteiger partial charge in [0.1, 0.15) is 0 Å². The van der Waals surface area contributed by atoms with Gasteiger partial charge in [-0.15, -0.1) is 0 Å². The van der Waals surface area contributed by atoms with Gasteiger partial charge >= 0.3 is 0 Å². The summed E-state index contributed by atoms with van der Waals surface area (Å²) in [5, 5.41) is 2.83. The molecule has 2 amide bonds. The number of amides is 2. The molecule has 25 heavy (non-hydrogen) atoms. The molecular weight excluding hydrogens is 314 g/mol. The largest absolute Gasteiger partial charge is 0.339 e. The Morgan fingerprint density at radius 2 is 1.80 bits per heavy atom. The molecule has 2 atom stereocenters. The molecule has 3 N–H and O–H groups in total. The van der Waals surface area contributed by atoms with Crippen molar-refractivity contribution in [2.24, 2.45) is 11.7 Å². The first kappa shape index (κ1) is 19.4. The minimum Gasteiger partial charge on any atom is -0.339 e. The van der Waals surface area contributed by atoms with Crippen LogP contribution < -0.4 is 11.1 Å². The van der Waals surface area contributed by atoms with E-state index in [1.54, 1.807) is 24.3 Å². The van der Waals surface area contributed by atoms with E-state index in [1.807, 2.05) is 25.8 Å². The van der Waals surface area contributed by atoms with Gasteiger partial charge in [-0.3, -0.25) is 9.59 Å². The van der Waals surface area contributed by atoms with Crippen molar-refractivity contribution in [1.82, 2.24) is 4.90 Å². The van der Waals surface area contributed by atoms with Crippen LogP contribution in [-0.2, 0) is 4.79 Å². The monoisotopic (exact) mass is 345 g/mol. The average Bonchev–Trinajstić information content (AvgIpc) is 2.66. The van der Waals surface area contributed by atoms with Crippen LogP contribution in [0.1, 0.15) is 62.7 Å². The molecule has 1 aromatic rings. The molecule has 2 unspecified atom stereocenters. The van der Waals surface area contributed by atoms with E-state index in [4.69, 9.17) is 5.73 Å². The van der Waals surface area contributed by atoms with Gasteiger partial charge in [0.25, 0.3) is 5.91 Å². The number of hydrogen-bond donors (Lipinski definition) is 2. The molecule has 1 aliphatic carbocycles. The van der Waals surface area contributed by atoms with E-state index >= 15 is 0 Å². The molecule has 0 aromatic heterocycles. The van der Waals surface area contributed by atoms with Gasteiger partial charge in [-0.1, -0.05) is 39.5 Å². The van der Waals surface area contributed by atoms with E-state index in [9.17, 15) is 9.59 Å². The van der Waals surface area contributed by atoms with Crippen molar-refractivity contribution >= 4 is 17.5 Å². The molecule has 1 aliphatic rings. The number of rotatable bonds is 6. The molecule has 2 rings (SSSR count). The van der Waals surface area contributed by atoms with E-state index in [1.165, 1.54) is 19.3 Å². The second-order valence-electron chi connectivity index (χ2n) is 7.19. The van der Waals surface area contributed by atoms with Crippen LogP contribution in [0.5, 0.6) is 0 Å². The highest BCUT2D eigenvalue weighted by molar-refractivity contribution is 5.97. The van der Waals surface area contributed by atoms with Gasteiger partial charge < -0.3 is 16.0 Å². The molecular formula is C20H31N3O2. The highest BCUT2D eigenvalue weighted by atomic mass is 16.2. The Morgan fingerprint density at radius 1 is 1.20 bits per heavy atom. The molecule has 0 saturated heterocycles. The molecule has 0 bridgehead atoms. The Hall–Kier alpha value is -1.88. The molecule has 5 heteroatoms. The number of hydrogen-bond acceptors (Lipinski definition) is 3. The molecule has 0 heterocycles. The molecule has 1 fully saturated rings. The van der Waals surface area contributed by atoms with Gasteiger partial charge in [0.15, 0.2) is 0 Å². The first-order valence-corrected chi connectivity index (χ1v) is 9.37. The fourth-order valence-electron chi connectivity index (χ4n) is 3.27. The van der Waals surface area contributed by atoms with Crippen LogP contribution in [0, 0.1) is 5.92 Å². The smallest absolute Gasteiger partial charge is 0.253 e. The summed E-state index contributed by atoms with van der Waals surface area (Å²) in [6.07, 6.45) is 6.70. The van der Waals surface area contributed by atoms with E-state index in [0.29, 0.717) is 17.3 Å². The quantitative estimate of drug-likeness (QED) is 0.829. The Kier molecular flexibility index (Phi) is 7.00. The summed E-state index contributed by atoms with van der Waals surface area (Å²) in [6, 6.07) is 6.89. The standard InChI is InChI=1S/C20H31N3O2/c1-4-14(2)18(21)19(24)22-16-12-10-15(11-13-16)20(25)23(3)17-8-6-5-7-9-17/h10-14,17-18H,4-9,21H2,1-3H3,(H,22,24). The predicted molar refractivity (Wildman–Crippen MR) is 101 cm³/mol. The number of carbonyl (C=O) groups excluding carboxylic acids is 2. The van der Waals surface area contributed by atoms with Crippen LogP contribution in [-0.4, -0.2) is 35.8 Å². The van der Waals surface area contributed by atoms with Crippen molar-refractivity contribution in [2.45, 2.75) is 64.5 Å². The lowest BCUT2D eigenvalue weighted by atomic mass is 9.94. The van der Waals surface area contributed by atoms with E-state index in [2.05, 4.69) is 5.32 Å². The van der Waals surface area contributed by atoms with Gasteiger partial charge in [0.2, 0.25) is 5.91 Å². The normalized spacial score (nSPS) is 17.6. The van der Waals surface area contributed by atoms with Crippen LogP contribution in [0.15, 0.2) is 24.3 Å². The van der Waals surface area contributed by atoms with Crippen molar-refractivity contribution in [2.75, 3.05) is 12.4 Å². The zero-order valence-corrected chi connectivity index (χ0v) is 15.6. The van der Waals surface area contributed by atoms with E-state index < -0.39 is 6.04 Å². The molecule has 0 aliphatic heterocycles. The highest BCUT2D eigenvalue weighted by Crippen LogP contribution is 2.23. The summed E-state index contributed by atoms with van der Waals surface area (Å²) in [5.41, 5.74) is 7.26. The SMILES string of the molecule is CCC(C)C(N)C(=O)Nc1ccc(C(=O)N(C)C2CCCCC2)cc1. The zero-order valence-electron chi connectivity index (χ0n) is 15.6. The Balaban J connectivity index is 1.96. The summed E-state index contributed by atoms with van der Waals surface area (Å²) in [6.45, 7) is 3.98. The Morgan fingerprint density at radius 3 is 2.36 bits per heavy atom. The van der Waals surface area contributed by atoms with Crippen molar-refractivity contribution in [3.63, 3.8) is 0 Å². The van der Waals surface area contributed by atoms with E-state index in [-0.39, 0.29) is 17.7 Å². The zero-order chi connectivity index (χ0) is 18.4.